The molecule has 1 aromatic heterocycles. The van der Waals surface area contributed by atoms with Crippen LogP contribution in [-0.2, 0) is 6.61 Å². The van der Waals surface area contributed by atoms with E-state index in [0.29, 0.717) is 28.5 Å². The summed E-state index contributed by atoms with van der Waals surface area (Å²) in [5.74, 6) is 1.50. The number of amides is 1. The van der Waals surface area contributed by atoms with Crippen LogP contribution < -0.4 is 10.1 Å². The van der Waals surface area contributed by atoms with E-state index in [-0.39, 0.29) is 12.5 Å². The lowest BCUT2D eigenvalue weighted by Gasteiger charge is -2.11. The molecule has 0 aliphatic heterocycles. The van der Waals surface area contributed by atoms with E-state index in [0.717, 1.165) is 11.1 Å². The van der Waals surface area contributed by atoms with Gasteiger partial charge in [-0.1, -0.05) is 12.1 Å². The number of aliphatic hydroxyl groups excluding tert-OH is 1. The fraction of sp³-hybridized carbons (Fsp3) is 0.150. The molecule has 5 nitrogen and oxygen atoms in total. The third-order valence-electron chi connectivity index (χ3n) is 3.92. The van der Waals surface area contributed by atoms with Crippen LogP contribution in [0.5, 0.6) is 5.75 Å². The Kier molecular flexibility index (Phi) is 4.86. The van der Waals surface area contributed by atoms with Gasteiger partial charge >= 0.3 is 0 Å². The van der Waals surface area contributed by atoms with Gasteiger partial charge in [0.15, 0.2) is 0 Å². The van der Waals surface area contributed by atoms with Crippen LogP contribution in [0.25, 0.3) is 11.3 Å². The average Bonchev–Trinajstić information content (AvgIpc) is 3.10. The molecule has 2 N–H and O–H groups in total. The number of furan rings is 1. The summed E-state index contributed by atoms with van der Waals surface area (Å²) in [6, 6.07) is 16.2. The summed E-state index contributed by atoms with van der Waals surface area (Å²) in [7, 11) is 1.54. The number of aliphatic hydroxyl groups is 1. The molecule has 0 unspecified atom stereocenters. The number of carbonyl (C=O) groups excluding carboxylic acids is 1. The van der Waals surface area contributed by atoms with Gasteiger partial charge in [-0.15, -0.1) is 0 Å². The first-order valence-corrected chi connectivity index (χ1v) is 7.87. The van der Waals surface area contributed by atoms with Crippen molar-refractivity contribution in [2.75, 3.05) is 12.4 Å². The molecule has 0 atom stereocenters. The van der Waals surface area contributed by atoms with Crippen LogP contribution in [-0.4, -0.2) is 18.1 Å². The van der Waals surface area contributed by atoms with E-state index in [2.05, 4.69) is 5.32 Å². The number of hydrogen-bond donors (Lipinski definition) is 2. The highest BCUT2D eigenvalue weighted by Gasteiger charge is 2.13. The lowest BCUT2D eigenvalue weighted by atomic mass is 10.1. The standard InChI is InChI=1S/C20H19NO4/c1-13-11-14(7-9-16(13)19-10-8-15(12-22)25-19)21-20(23)17-5-3-4-6-18(17)24-2/h3-11,22H,12H2,1-2H3,(H,21,23). The number of carbonyl (C=O) groups is 1. The molecule has 3 aromatic rings. The minimum Gasteiger partial charge on any atom is -0.496 e. The minimum atomic E-state index is -0.231. The molecule has 1 amide bonds. The van der Waals surface area contributed by atoms with Crippen molar-refractivity contribution in [3.8, 4) is 17.1 Å². The van der Waals surface area contributed by atoms with Gasteiger partial charge in [0.25, 0.3) is 5.91 Å². The predicted molar refractivity (Wildman–Crippen MR) is 95.8 cm³/mol. The zero-order valence-corrected chi connectivity index (χ0v) is 14.1. The van der Waals surface area contributed by atoms with E-state index >= 15 is 0 Å². The Morgan fingerprint density at radius 2 is 1.96 bits per heavy atom. The number of ether oxygens (including phenoxy) is 1. The van der Waals surface area contributed by atoms with Gasteiger partial charge in [0.2, 0.25) is 0 Å². The van der Waals surface area contributed by atoms with Gasteiger partial charge in [-0.05, 0) is 55.0 Å². The fourth-order valence-electron chi connectivity index (χ4n) is 2.66. The summed E-state index contributed by atoms with van der Waals surface area (Å²) in [6.45, 7) is 1.81. The van der Waals surface area contributed by atoms with E-state index in [1.807, 2.05) is 37.3 Å². The highest BCUT2D eigenvalue weighted by molar-refractivity contribution is 6.06. The number of anilines is 1. The fourth-order valence-corrected chi connectivity index (χ4v) is 2.66. The van der Waals surface area contributed by atoms with Crippen molar-refractivity contribution < 1.29 is 19.1 Å². The van der Waals surface area contributed by atoms with Crippen molar-refractivity contribution in [3.05, 3.63) is 71.5 Å². The smallest absolute Gasteiger partial charge is 0.259 e. The second kappa shape index (κ2) is 7.23. The summed E-state index contributed by atoms with van der Waals surface area (Å²) in [5.41, 5.74) is 3.03. The van der Waals surface area contributed by atoms with Gasteiger partial charge in [0.05, 0.1) is 12.7 Å². The van der Waals surface area contributed by atoms with Crippen molar-refractivity contribution >= 4 is 11.6 Å². The van der Waals surface area contributed by atoms with Crippen molar-refractivity contribution in [1.29, 1.82) is 0 Å². The number of benzene rings is 2. The van der Waals surface area contributed by atoms with Crippen molar-refractivity contribution in [1.82, 2.24) is 0 Å². The van der Waals surface area contributed by atoms with Gasteiger partial charge in [0, 0.05) is 11.3 Å². The lowest BCUT2D eigenvalue weighted by molar-refractivity contribution is 0.102. The predicted octanol–water partition coefficient (Wildman–Crippen LogP) is 4.01. The third kappa shape index (κ3) is 3.56. The SMILES string of the molecule is COc1ccccc1C(=O)Nc1ccc(-c2ccc(CO)o2)c(C)c1. The Balaban J connectivity index is 1.82. The second-order valence-electron chi connectivity index (χ2n) is 5.61. The Hall–Kier alpha value is -3.05. The molecule has 5 heteroatoms. The summed E-state index contributed by atoms with van der Waals surface area (Å²) < 4.78 is 10.8. The molecule has 0 bridgehead atoms. The maximum absolute atomic E-state index is 12.5. The van der Waals surface area contributed by atoms with Crippen molar-refractivity contribution in [2.45, 2.75) is 13.5 Å². The Morgan fingerprint density at radius 3 is 2.64 bits per heavy atom. The molecule has 0 fully saturated rings. The minimum absolute atomic E-state index is 0.133. The number of para-hydroxylation sites is 1. The monoisotopic (exact) mass is 337 g/mol. The molecule has 0 saturated heterocycles. The number of rotatable bonds is 5. The van der Waals surface area contributed by atoms with Gasteiger partial charge in [-0.2, -0.15) is 0 Å². The zero-order chi connectivity index (χ0) is 17.8. The van der Waals surface area contributed by atoms with E-state index in [9.17, 15) is 4.79 Å². The number of hydrogen-bond acceptors (Lipinski definition) is 4. The maximum atomic E-state index is 12.5. The first-order chi connectivity index (χ1) is 12.1. The van der Waals surface area contributed by atoms with Gasteiger partial charge < -0.3 is 19.6 Å². The van der Waals surface area contributed by atoms with Crippen LogP contribution in [0.4, 0.5) is 5.69 Å². The molecular formula is C20H19NO4. The summed E-state index contributed by atoms with van der Waals surface area (Å²) in [4.78, 5) is 12.5. The summed E-state index contributed by atoms with van der Waals surface area (Å²) in [6.07, 6.45) is 0. The van der Waals surface area contributed by atoms with Gasteiger partial charge in [-0.3, -0.25) is 4.79 Å². The van der Waals surface area contributed by atoms with E-state index in [1.165, 1.54) is 7.11 Å². The van der Waals surface area contributed by atoms with Crippen LogP contribution in [0.3, 0.4) is 0 Å². The van der Waals surface area contributed by atoms with Crippen LogP contribution in [0, 0.1) is 6.92 Å². The highest BCUT2D eigenvalue weighted by atomic mass is 16.5. The molecule has 1 heterocycles. The molecule has 128 valence electrons. The van der Waals surface area contributed by atoms with Crippen LogP contribution in [0.1, 0.15) is 21.7 Å². The molecule has 2 aromatic carbocycles. The van der Waals surface area contributed by atoms with Crippen LogP contribution in [0.15, 0.2) is 59.0 Å². The maximum Gasteiger partial charge on any atom is 0.259 e. The van der Waals surface area contributed by atoms with Crippen LogP contribution in [0.2, 0.25) is 0 Å². The molecule has 3 rings (SSSR count). The van der Waals surface area contributed by atoms with Gasteiger partial charge in [-0.25, -0.2) is 0 Å². The van der Waals surface area contributed by atoms with Crippen molar-refractivity contribution in [2.24, 2.45) is 0 Å². The first-order valence-electron chi connectivity index (χ1n) is 7.87. The normalized spacial score (nSPS) is 10.5. The van der Waals surface area contributed by atoms with Crippen LogP contribution >= 0.6 is 0 Å². The topological polar surface area (TPSA) is 71.7 Å². The molecule has 25 heavy (non-hydrogen) atoms. The molecule has 0 aliphatic rings. The van der Waals surface area contributed by atoms with Crippen molar-refractivity contribution in [3.63, 3.8) is 0 Å². The molecule has 0 saturated carbocycles. The molecular weight excluding hydrogens is 318 g/mol. The lowest BCUT2D eigenvalue weighted by Crippen LogP contribution is -2.13. The first kappa shape index (κ1) is 16.8. The number of methoxy groups -OCH3 is 1. The Bertz CT molecular complexity index is 898. The largest absolute Gasteiger partial charge is 0.496 e. The molecule has 0 spiro atoms. The van der Waals surface area contributed by atoms with Gasteiger partial charge in [0.1, 0.15) is 23.9 Å². The molecule has 0 aliphatic carbocycles. The van der Waals surface area contributed by atoms with E-state index in [4.69, 9.17) is 14.3 Å². The highest BCUT2D eigenvalue weighted by Crippen LogP contribution is 2.28. The quantitative estimate of drug-likeness (QED) is 0.738. The third-order valence-corrected chi connectivity index (χ3v) is 3.92. The summed E-state index contributed by atoms with van der Waals surface area (Å²) >= 11 is 0. The zero-order valence-electron chi connectivity index (χ0n) is 14.1. The summed E-state index contributed by atoms with van der Waals surface area (Å²) in [5, 5.41) is 12.0. The molecule has 0 radical (unpaired) electrons. The van der Waals surface area contributed by atoms with E-state index in [1.54, 1.807) is 24.3 Å². The second-order valence-corrected chi connectivity index (χ2v) is 5.61. The number of nitrogens with one attached hydrogen (secondary N) is 1. The Morgan fingerprint density at radius 1 is 1.16 bits per heavy atom. The van der Waals surface area contributed by atoms with E-state index < -0.39 is 0 Å². The Labute approximate surface area is 145 Å². The average molecular weight is 337 g/mol. The number of aryl methyl sites for hydroxylation is 1.